The van der Waals surface area contributed by atoms with Crippen LogP contribution in [0.15, 0.2) is 30.9 Å². The fourth-order valence-corrected chi connectivity index (χ4v) is 4.58. The van der Waals surface area contributed by atoms with Crippen molar-refractivity contribution in [1.29, 1.82) is 0 Å². The number of piperidine rings is 1. The van der Waals surface area contributed by atoms with Crippen molar-refractivity contribution in [2.75, 3.05) is 25.0 Å². The molecule has 0 amide bonds. The Balaban J connectivity index is 1.68. The Bertz CT molecular complexity index is 1140. The highest BCUT2D eigenvalue weighted by Crippen LogP contribution is 2.25. The highest BCUT2D eigenvalue weighted by atomic mass is 32.2. The van der Waals surface area contributed by atoms with Gasteiger partial charge in [0.05, 0.1) is 17.6 Å². The Labute approximate surface area is 165 Å². The maximum absolute atomic E-state index is 13.0. The molecular weight excluding hydrogens is 404 g/mol. The number of anilines is 1. The van der Waals surface area contributed by atoms with Crippen molar-refractivity contribution in [3.8, 4) is 11.5 Å². The molecule has 0 saturated carbocycles. The van der Waals surface area contributed by atoms with E-state index in [9.17, 15) is 17.2 Å². The van der Waals surface area contributed by atoms with E-state index in [2.05, 4.69) is 24.7 Å². The number of imidazole rings is 1. The van der Waals surface area contributed by atoms with Gasteiger partial charge in [0.2, 0.25) is 10.0 Å². The first-order valence-corrected chi connectivity index (χ1v) is 10.6. The molecule has 1 N–H and O–H groups in total. The van der Waals surface area contributed by atoms with Crippen molar-refractivity contribution in [2.45, 2.75) is 24.5 Å². The van der Waals surface area contributed by atoms with E-state index in [1.807, 2.05) is 4.90 Å². The number of aromatic nitrogens is 5. The molecule has 1 aliphatic rings. The predicted molar refractivity (Wildman–Crippen MR) is 102 cm³/mol. The number of nitrogens with zero attached hydrogens (tertiary/aromatic N) is 6. The number of nitrogens with one attached hydrogen (secondary N) is 1. The molecule has 0 bridgehead atoms. The highest BCUT2D eigenvalue weighted by Gasteiger charge is 2.30. The average molecular weight is 423 g/mol. The fraction of sp³-hybridized carbons (Fsp3) is 0.412. The predicted octanol–water partition coefficient (Wildman–Crippen LogP) is 1.64. The number of hydrogen-bond donors (Lipinski definition) is 1. The normalized spacial score (nSPS) is 17.9. The third-order valence-corrected chi connectivity index (χ3v) is 6.77. The molecule has 0 spiro atoms. The molecule has 154 valence electrons. The third kappa shape index (κ3) is 3.77. The van der Waals surface area contributed by atoms with Crippen LogP contribution in [0.25, 0.3) is 17.2 Å². The Kier molecular flexibility index (Phi) is 5.13. The Morgan fingerprint density at radius 2 is 2.07 bits per heavy atom. The second-order valence-corrected chi connectivity index (χ2v) is 8.85. The van der Waals surface area contributed by atoms with Crippen molar-refractivity contribution >= 4 is 21.5 Å². The summed E-state index contributed by atoms with van der Waals surface area (Å²) in [4.78, 5) is 18.5. The van der Waals surface area contributed by atoms with E-state index >= 15 is 0 Å². The second kappa shape index (κ2) is 7.59. The first-order chi connectivity index (χ1) is 13.9. The molecule has 1 atom stereocenters. The molecule has 1 unspecified atom stereocenters. The number of halogens is 2. The molecule has 3 aromatic heterocycles. The summed E-state index contributed by atoms with van der Waals surface area (Å²) < 4.78 is 54.2. The first kappa shape index (κ1) is 19.6. The maximum Gasteiger partial charge on any atom is 0.281 e. The smallest absolute Gasteiger partial charge is 0.281 e. The standard InChI is InChI=1S/C17H19F2N7O2S/c1-20-29(27,28)11-3-2-6-25(9-11)14-4-5-21-17(24-14)13-7-23-15-8-22-12(16(18)19)10-26(13)15/h4-5,7-8,10-11,16,20H,2-3,6,9H2,1H3. The quantitative estimate of drug-likeness (QED) is 0.665. The van der Waals surface area contributed by atoms with Crippen molar-refractivity contribution < 1.29 is 17.2 Å². The van der Waals surface area contributed by atoms with Crippen LogP contribution < -0.4 is 9.62 Å². The SMILES string of the molecule is CNS(=O)(=O)C1CCCN(c2ccnc(-c3cnc4cnc(C(F)F)cn34)n2)C1. The lowest BCUT2D eigenvalue weighted by molar-refractivity contribution is 0.145. The number of hydrogen-bond acceptors (Lipinski definition) is 7. The maximum atomic E-state index is 13.0. The van der Waals surface area contributed by atoms with E-state index in [1.165, 1.54) is 30.0 Å². The molecule has 29 heavy (non-hydrogen) atoms. The van der Waals surface area contributed by atoms with Crippen LogP contribution in [0.3, 0.4) is 0 Å². The lowest BCUT2D eigenvalue weighted by atomic mass is 10.1. The van der Waals surface area contributed by atoms with Crippen molar-refractivity contribution in [1.82, 2.24) is 29.1 Å². The van der Waals surface area contributed by atoms with Crippen LogP contribution in [0.1, 0.15) is 25.0 Å². The summed E-state index contributed by atoms with van der Waals surface area (Å²) in [7, 11) is -1.98. The van der Waals surface area contributed by atoms with E-state index in [-0.39, 0.29) is 5.69 Å². The number of alkyl halides is 2. The minimum Gasteiger partial charge on any atom is -0.355 e. The van der Waals surface area contributed by atoms with Crippen molar-refractivity contribution in [3.63, 3.8) is 0 Å². The molecule has 1 fully saturated rings. The van der Waals surface area contributed by atoms with Gasteiger partial charge in [-0.3, -0.25) is 4.40 Å². The molecule has 0 radical (unpaired) electrons. The molecule has 0 aliphatic carbocycles. The van der Waals surface area contributed by atoms with Crippen LogP contribution in [0, 0.1) is 0 Å². The van der Waals surface area contributed by atoms with Crippen molar-refractivity contribution in [3.05, 3.63) is 36.5 Å². The van der Waals surface area contributed by atoms with Gasteiger partial charge in [-0.2, -0.15) is 0 Å². The van der Waals surface area contributed by atoms with Crippen molar-refractivity contribution in [2.24, 2.45) is 0 Å². The monoisotopic (exact) mass is 423 g/mol. The topological polar surface area (TPSA) is 105 Å². The Morgan fingerprint density at radius 1 is 1.24 bits per heavy atom. The van der Waals surface area contributed by atoms with E-state index < -0.39 is 21.7 Å². The zero-order chi connectivity index (χ0) is 20.6. The van der Waals surface area contributed by atoms with Gasteiger partial charge < -0.3 is 4.90 Å². The van der Waals surface area contributed by atoms with E-state index in [1.54, 1.807) is 12.3 Å². The molecule has 1 aliphatic heterocycles. The summed E-state index contributed by atoms with van der Waals surface area (Å²) in [6, 6.07) is 1.70. The van der Waals surface area contributed by atoms with Crippen LogP contribution in [-0.4, -0.2) is 58.1 Å². The number of sulfonamides is 1. The van der Waals surface area contributed by atoms with Gasteiger partial charge >= 0.3 is 0 Å². The van der Waals surface area contributed by atoms with Gasteiger partial charge in [-0.15, -0.1) is 0 Å². The zero-order valence-corrected chi connectivity index (χ0v) is 16.4. The van der Waals surface area contributed by atoms with Gasteiger partial charge in [-0.25, -0.2) is 41.9 Å². The summed E-state index contributed by atoms with van der Waals surface area (Å²) in [5.74, 6) is 0.879. The van der Waals surface area contributed by atoms with Crippen LogP contribution >= 0.6 is 0 Å². The minimum atomic E-state index is -3.38. The van der Waals surface area contributed by atoms with Gasteiger partial charge in [0.1, 0.15) is 17.2 Å². The molecule has 12 heteroatoms. The Morgan fingerprint density at radius 3 is 2.83 bits per heavy atom. The lowest BCUT2D eigenvalue weighted by Gasteiger charge is -2.33. The fourth-order valence-electron chi connectivity index (χ4n) is 3.40. The van der Waals surface area contributed by atoms with Gasteiger partial charge in [0, 0.05) is 25.5 Å². The van der Waals surface area contributed by atoms with Crippen LogP contribution in [0.5, 0.6) is 0 Å². The summed E-state index contributed by atoms with van der Waals surface area (Å²) in [5, 5.41) is -0.532. The van der Waals surface area contributed by atoms with Gasteiger partial charge in [0.25, 0.3) is 6.43 Å². The number of fused-ring (bicyclic) bond motifs is 1. The molecule has 9 nitrogen and oxygen atoms in total. The zero-order valence-electron chi connectivity index (χ0n) is 15.5. The summed E-state index contributed by atoms with van der Waals surface area (Å²) in [5.41, 5.74) is 0.475. The Hall–Kier alpha value is -2.73. The van der Waals surface area contributed by atoms with E-state index in [0.717, 1.165) is 0 Å². The third-order valence-electron chi connectivity index (χ3n) is 4.93. The summed E-state index contributed by atoms with van der Waals surface area (Å²) in [6.45, 7) is 0.977. The molecule has 0 aromatic carbocycles. The lowest BCUT2D eigenvalue weighted by Crippen LogP contribution is -2.45. The second-order valence-electron chi connectivity index (χ2n) is 6.68. The molecule has 3 aromatic rings. The van der Waals surface area contributed by atoms with Crippen LogP contribution in [0.2, 0.25) is 0 Å². The van der Waals surface area contributed by atoms with E-state index in [4.69, 9.17) is 0 Å². The van der Waals surface area contributed by atoms with Crippen LogP contribution in [0.4, 0.5) is 14.6 Å². The highest BCUT2D eigenvalue weighted by molar-refractivity contribution is 7.90. The van der Waals surface area contributed by atoms with Crippen LogP contribution in [-0.2, 0) is 10.0 Å². The average Bonchev–Trinajstić information content (AvgIpc) is 3.17. The summed E-state index contributed by atoms with van der Waals surface area (Å²) in [6.07, 6.45) is 4.12. The van der Waals surface area contributed by atoms with Gasteiger partial charge in [0.15, 0.2) is 11.5 Å². The molecule has 1 saturated heterocycles. The molecular formula is C17H19F2N7O2S. The largest absolute Gasteiger partial charge is 0.355 e. The van der Waals surface area contributed by atoms with E-state index in [0.29, 0.717) is 48.9 Å². The van der Waals surface area contributed by atoms with Gasteiger partial charge in [-0.05, 0) is 26.0 Å². The first-order valence-electron chi connectivity index (χ1n) is 9.01. The molecule has 4 rings (SSSR count). The summed E-state index contributed by atoms with van der Waals surface area (Å²) >= 11 is 0. The van der Waals surface area contributed by atoms with Gasteiger partial charge in [-0.1, -0.05) is 0 Å². The number of rotatable bonds is 5. The molecule has 4 heterocycles. The minimum absolute atomic E-state index is 0.306.